The minimum absolute atomic E-state index is 0.0864. The van der Waals surface area contributed by atoms with E-state index >= 15 is 0 Å². The Bertz CT molecular complexity index is 1460. The molecule has 3 aromatic carbocycles. The van der Waals surface area contributed by atoms with Crippen molar-refractivity contribution in [3.63, 3.8) is 0 Å². The van der Waals surface area contributed by atoms with Gasteiger partial charge >= 0.3 is 0 Å². The van der Waals surface area contributed by atoms with Crippen LogP contribution >= 0.6 is 0 Å². The molecule has 0 amide bonds. The monoisotopic (exact) mass is 474 g/mol. The first kappa shape index (κ1) is 20.8. The fourth-order valence-electron chi connectivity index (χ4n) is 4.35. The molecule has 0 bridgehead atoms. The Balaban J connectivity index is 1.46. The number of rotatable bonds is 4. The van der Waals surface area contributed by atoms with Gasteiger partial charge in [-0.1, -0.05) is 42.5 Å². The molecular weight excluding hydrogens is 452 g/mol. The van der Waals surface area contributed by atoms with Crippen molar-refractivity contribution in [1.29, 1.82) is 0 Å². The molecule has 0 N–H and O–H groups in total. The van der Waals surface area contributed by atoms with Gasteiger partial charge in [-0.3, -0.25) is 0 Å². The van der Waals surface area contributed by atoms with E-state index in [4.69, 9.17) is 13.9 Å². The Morgan fingerprint density at radius 1 is 0.824 bits per heavy atom. The van der Waals surface area contributed by atoms with E-state index in [9.17, 15) is 8.42 Å². The number of nitrogens with zero attached hydrogens (tertiary/aromatic N) is 2. The van der Waals surface area contributed by atoms with Gasteiger partial charge in [0.2, 0.25) is 26.6 Å². The molecule has 172 valence electrons. The summed E-state index contributed by atoms with van der Waals surface area (Å²) in [5, 5.41) is -0.0950. The second-order valence-electron chi connectivity index (χ2n) is 8.24. The summed E-state index contributed by atoms with van der Waals surface area (Å²) in [6.07, 6.45) is 0.793. The molecule has 0 spiro atoms. The lowest BCUT2D eigenvalue weighted by Crippen LogP contribution is -2.31. The van der Waals surface area contributed by atoms with E-state index in [-0.39, 0.29) is 21.7 Å². The molecule has 8 heteroatoms. The van der Waals surface area contributed by atoms with E-state index < -0.39 is 9.84 Å². The Morgan fingerprint density at radius 3 is 2.38 bits per heavy atom. The van der Waals surface area contributed by atoms with Gasteiger partial charge in [-0.2, -0.15) is 4.98 Å². The number of anilines is 1. The summed E-state index contributed by atoms with van der Waals surface area (Å²) in [6.45, 7) is 1.98. The number of hydrogen-bond acceptors (Lipinski definition) is 7. The maximum absolute atomic E-state index is 13.8. The molecule has 0 fully saturated rings. The van der Waals surface area contributed by atoms with Crippen molar-refractivity contribution in [1.82, 2.24) is 4.98 Å². The second kappa shape index (κ2) is 8.22. The molecule has 6 rings (SSSR count). The van der Waals surface area contributed by atoms with Crippen molar-refractivity contribution < 1.29 is 22.3 Å². The van der Waals surface area contributed by atoms with Crippen LogP contribution in [0.2, 0.25) is 0 Å². The highest BCUT2D eigenvalue weighted by molar-refractivity contribution is 7.91. The molecule has 4 aromatic rings. The van der Waals surface area contributed by atoms with E-state index in [1.54, 1.807) is 6.07 Å². The van der Waals surface area contributed by atoms with Crippen LogP contribution in [0.15, 0.2) is 87.1 Å². The number of hydrogen-bond donors (Lipinski definition) is 0. The van der Waals surface area contributed by atoms with Crippen LogP contribution in [0.4, 0.5) is 5.88 Å². The van der Waals surface area contributed by atoms with Gasteiger partial charge in [-0.15, -0.1) is 0 Å². The Morgan fingerprint density at radius 2 is 1.56 bits per heavy atom. The third-order valence-electron chi connectivity index (χ3n) is 6.10. The zero-order valence-electron chi connectivity index (χ0n) is 18.3. The molecule has 0 saturated heterocycles. The number of ether oxygens (including phenoxy) is 2. The normalized spacial score (nSPS) is 15.1. The molecular formula is C26H22N2O5S. The summed E-state index contributed by atoms with van der Waals surface area (Å²) in [7, 11) is -4.00. The summed E-state index contributed by atoms with van der Waals surface area (Å²) in [5.74, 6) is 1.46. The smallest absolute Gasteiger partial charge is 0.236 e. The van der Waals surface area contributed by atoms with Crippen molar-refractivity contribution in [2.75, 3.05) is 24.7 Å². The van der Waals surface area contributed by atoms with E-state index in [0.717, 1.165) is 12.0 Å². The van der Waals surface area contributed by atoms with Gasteiger partial charge in [-0.25, -0.2) is 8.42 Å². The van der Waals surface area contributed by atoms with Crippen molar-refractivity contribution in [2.45, 2.75) is 22.9 Å². The van der Waals surface area contributed by atoms with E-state index in [2.05, 4.69) is 17.1 Å². The fraction of sp³-hybridized carbons (Fsp3) is 0.192. The highest BCUT2D eigenvalue weighted by Crippen LogP contribution is 2.39. The first-order valence-electron chi connectivity index (χ1n) is 11.1. The van der Waals surface area contributed by atoms with Crippen LogP contribution in [-0.2, 0) is 22.8 Å². The molecule has 0 unspecified atom stereocenters. The lowest BCUT2D eigenvalue weighted by atomic mass is 10.0. The van der Waals surface area contributed by atoms with Crippen LogP contribution < -0.4 is 14.4 Å². The second-order valence-corrected chi connectivity index (χ2v) is 10.1. The van der Waals surface area contributed by atoms with Gasteiger partial charge in [0.1, 0.15) is 13.2 Å². The zero-order chi connectivity index (χ0) is 23.1. The Hall–Kier alpha value is -3.78. The molecule has 3 heterocycles. The van der Waals surface area contributed by atoms with Gasteiger partial charge in [0.05, 0.1) is 4.90 Å². The van der Waals surface area contributed by atoms with Gasteiger partial charge < -0.3 is 18.8 Å². The predicted octanol–water partition coefficient (Wildman–Crippen LogP) is 4.51. The summed E-state index contributed by atoms with van der Waals surface area (Å²) < 4.78 is 45.0. The Kier molecular flexibility index (Phi) is 5.03. The molecule has 2 aliphatic heterocycles. The third kappa shape index (κ3) is 3.60. The highest BCUT2D eigenvalue weighted by Gasteiger charge is 2.33. The quantitative estimate of drug-likeness (QED) is 0.430. The molecule has 2 aliphatic rings. The van der Waals surface area contributed by atoms with Crippen LogP contribution in [0.3, 0.4) is 0 Å². The van der Waals surface area contributed by atoms with Crippen LogP contribution in [0, 0.1) is 0 Å². The average molecular weight is 475 g/mol. The zero-order valence-corrected chi connectivity index (χ0v) is 19.1. The first-order valence-corrected chi connectivity index (χ1v) is 12.6. The van der Waals surface area contributed by atoms with Crippen molar-refractivity contribution >= 4 is 15.7 Å². The number of aromatic nitrogens is 1. The highest BCUT2D eigenvalue weighted by atomic mass is 32.2. The minimum atomic E-state index is -4.00. The molecule has 7 nitrogen and oxygen atoms in total. The van der Waals surface area contributed by atoms with Crippen molar-refractivity contribution in [3.8, 4) is 23.0 Å². The molecule has 0 saturated carbocycles. The maximum atomic E-state index is 13.8. The minimum Gasteiger partial charge on any atom is -0.486 e. The average Bonchev–Trinajstić information content (AvgIpc) is 3.35. The Labute approximate surface area is 197 Å². The number of oxazole rings is 1. The van der Waals surface area contributed by atoms with E-state index in [1.165, 1.54) is 17.7 Å². The third-order valence-corrected chi connectivity index (χ3v) is 7.75. The molecule has 1 aromatic heterocycles. The van der Waals surface area contributed by atoms with Gasteiger partial charge in [0.25, 0.3) is 0 Å². The summed E-state index contributed by atoms with van der Waals surface area (Å²) in [5.41, 5.74) is 3.12. The summed E-state index contributed by atoms with van der Waals surface area (Å²) in [6, 6.07) is 22.1. The number of fused-ring (bicyclic) bond motifs is 2. The van der Waals surface area contributed by atoms with Crippen LogP contribution in [0.25, 0.3) is 11.5 Å². The standard InChI is InChI=1S/C26H22N2O5S/c29-34(30,21-10-11-22-23(16-21)32-15-14-31-22)25-26(33-24(27-25)19-7-2-1-3-8-19)28-13-12-18-6-4-5-9-20(18)17-28/h1-11,16H,12-15,17H2. The predicted molar refractivity (Wildman–Crippen MR) is 126 cm³/mol. The SMILES string of the molecule is O=S(=O)(c1ccc2c(c1)OCCO2)c1nc(-c2ccccc2)oc1N1CCc2ccccc2C1. The van der Waals surface area contributed by atoms with E-state index in [0.29, 0.717) is 43.4 Å². The van der Waals surface area contributed by atoms with Gasteiger partial charge in [0.15, 0.2) is 11.5 Å². The molecule has 34 heavy (non-hydrogen) atoms. The number of benzene rings is 3. The molecule has 0 atom stereocenters. The van der Waals surface area contributed by atoms with Crippen molar-refractivity contribution in [3.05, 3.63) is 83.9 Å². The van der Waals surface area contributed by atoms with Crippen LogP contribution in [0.1, 0.15) is 11.1 Å². The van der Waals surface area contributed by atoms with Crippen molar-refractivity contribution in [2.24, 2.45) is 0 Å². The van der Waals surface area contributed by atoms with Crippen LogP contribution in [0.5, 0.6) is 11.5 Å². The fourth-order valence-corrected chi connectivity index (χ4v) is 5.69. The lowest BCUT2D eigenvalue weighted by molar-refractivity contribution is 0.171. The summed E-state index contributed by atoms with van der Waals surface area (Å²) >= 11 is 0. The topological polar surface area (TPSA) is 81.9 Å². The summed E-state index contributed by atoms with van der Waals surface area (Å²) in [4.78, 5) is 6.54. The van der Waals surface area contributed by atoms with E-state index in [1.807, 2.05) is 47.4 Å². The van der Waals surface area contributed by atoms with Gasteiger partial charge in [-0.05, 0) is 41.8 Å². The largest absolute Gasteiger partial charge is 0.486 e. The molecule has 0 aliphatic carbocycles. The lowest BCUT2D eigenvalue weighted by Gasteiger charge is -2.28. The van der Waals surface area contributed by atoms with Crippen LogP contribution in [-0.4, -0.2) is 33.2 Å². The maximum Gasteiger partial charge on any atom is 0.236 e. The molecule has 0 radical (unpaired) electrons. The number of sulfone groups is 1. The van der Waals surface area contributed by atoms with Gasteiger partial charge in [0, 0.05) is 24.7 Å². The first-order chi connectivity index (χ1) is 16.6.